The van der Waals surface area contributed by atoms with Crippen LogP contribution in [-0.2, 0) is 6.54 Å². The summed E-state index contributed by atoms with van der Waals surface area (Å²) >= 11 is 0. The summed E-state index contributed by atoms with van der Waals surface area (Å²) in [4.78, 5) is 4.54. The van der Waals surface area contributed by atoms with Crippen molar-refractivity contribution in [1.29, 1.82) is 0 Å². The fourth-order valence-corrected chi connectivity index (χ4v) is 2.55. The summed E-state index contributed by atoms with van der Waals surface area (Å²) in [5.41, 5.74) is 2.31. The van der Waals surface area contributed by atoms with Crippen LogP contribution >= 0.6 is 0 Å². The number of aromatic nitrogens is 1. The Kier molecular flexibility index (Phi) is 2.68. The van der Waals surface area contributed by atoms with Crippen LogP contribution < -0.4 is 5.32 Å². The standard InChI is InChI=1S/C14H20N2/c1-10-3-2-4-13(16-10)9-15-14(11-5-6-11)12-7-8-12/h2-4,11-12,14-15H,5-9H2,1H3. The molecule has 0 aliphatic heterocycles. The van der Waals surface area contributed by atoms with Gasteiger partial charge in [0.05, 0.1) is 5.69 Å². The van der Waals surface area contributed by atoms with Crippen molar-refractivity contribution in [1.82, 2.24) is 10.3 Å². The van der Waals surface area contributed by atoms with Crippen LogP contribution in [0.3, 0.4) is 0 Å². The lowest BCUT2D eigenvalue weighted by atomic mass is 10.1. The van der Waals surface area contributed by atoms with E-state index in [0.29, 0.717) is 0 Å². The van der Waals surface area contributed by atoms with Crippen LogP contribution in [-0.4, -0.2) is 11.0 Å². The molecule has 0 amide bonds. The van der Waals surface area contributed by atoms with Crippen LogP contribution in [0.5, 0.6) is 0 Å². The van der Waals surface area contributed by atoms with Gasteiger partial charge in [-0.15, -0.1) is 0 Å². The van der Waals surface area contributed by atoms with Crippen LogP contribution in [0.2, 0.25) is 0 Å². The second-order valence-electron chi connectivity index (χ2n) is 5.35. The molecule has 0 radical (unpaired) electrons. The number of hydrogen-bond acceptors (Lipinski definition) is 2. The first kappa shape index (κ1) is 10.3. The van der Waals surface area contributed by atoms with Gasteiger partial charge >= 0.3 is 0 Å². The summed E-state index contributed by atoms with van der Waals surface area (Å²) in [7, 11) is 0. The van der Waals surface area contributed by atoms with Crippen LogP contribution in [0.25, 0.3) is 0 Å². The molecule has 86 valence electrons. The molecule has 2 aliphatic carbocycles. The lowest BCUT2D eigenvalue weighted by molar-refractivity contribution is 0.413. The smallest absolute Gasteiger partial charge is 0.0544 e. The van der Waals surface area contributed by atoms with Crippen molar-refractivity contribution in [3.05, 3.63) is 29.6 Å². The molecule has 1 heterocycles. The minimum Gasteiger partial charge on any atom is -0.308 e. The summed E-state index contributed by atoms with van der Waals surface area (Å²) in [5.74, 6) is 1.94. The zero-order chi connectivity index (χ0) is 11.0. The van der Waals surface area contributed by atoms with Gasteiger partial charge in [0, 0.05) is 18.3 Å². The molecule has 3 rings (SSSR count). The van der Waals surface area contributed by atoms with E-state index in [0.717, 1.165) is 30.1 Å². The third-order valence-electron chi connectivity index (χ3n) is 3.72. The Morgan fingerprint density at radius 1 is 1.25 bits per heavy atom. The van der Waals surface area contributed by atoms with Crippen LogP contribution in [0.15, 0.2) is 18.2 Å². The third-order valence-corrected chi connectivity index (χ3v) is 3.72. The molecular formula is C14H20N2. The van der Waals surface area contributed by atoms with Crippen LogP contribution in [0, 0.1) is 18.8 Å². The van der Waals surface area contributed by atoms with Gasteiger partial charge in [0.1, 0.15) is 0 Å². The molecule has 0 bridgehead atoms. The quantitative estimate of drug-likeness (QED) is 0.818. The largest absolute Gasteiger partial charge is 0.308 e. The van der Waals surface area contributed by atoms with Crippen molar-refractivity contribution < 1.29 is 0 Å². The minimum absolute atomic E-state index is 0.780. The highest BCUT2D eigenvalue weighted by Crippen LogP contribution is 2.44. The summed E-state index contributed by atoms with van der Waals surface area (Å²) in [6, 6.07) is 7.06. The van der Waals surface area contributed by atoms with Gasteiger partial charge in [-0.3, -0.25) is 4.98 Å². The van der Waals surface area contributed by atoms with E-state index in [1.54, 1.807) is 0 Å². The first-order valence-electron chi connectivity index (χ1n) is 6.49. The molecule has 0 spiro atoms. The van der Waals surface area contributed by atoms with Crippen LogP contribution in [0.4, 0.5) is 0 Å². The lowest BCUT2D eigenvalue weighted by Crippen LogP contribution is -2.32. The molecule has 2 saturated carbocycles. The first-order valence-corrected chi connectivity index (χ1v) is 6.49. The Hall–Kier alpha value is -0.890. The van der Waals surface area contributed by atoms with Gasteiger partial charge in [0.25, 0.3) is 0 Å². The third kappa shape index (κ3) is 2.43. The predicted octanol–water partition coefficient (Wildman–Crippen LogP) is 2.67. The SMILES string of the molecule is Cc1cccc(CNC(C2CC2)C2CC2)n1. The van der Waals surface area contributed by atoms with E-state index < -0.39 is 0 Å². The summed E-state index contributed by atoms with van der Waals surface area (Å²) in [6.45, 7) is 3.00. The Bertz CT molecular complexity index is 355. The molecular weight excluding hydrogens is 196 g/mol. The molecule has 1 aromatic heterocycles. The van der Waals surface area contributed by atoms with Gasteiger partial charge in [-0.2, -0.15) is 0 Å². The molecule has 0 saturated heterocycles. The van der Waals surface area contributed by atoms with Gasteiger partial charge in [-0.05, 0) is 56.6 Å². The highest BCUT2D eigenvalue weighted by molar-refractivity contribution is 5.10. The molecule has 0 unspecified atom stereocenters. The number of nitrogens with zero attached hydrogens (tertiary/aromatic N) is 1. The van der Waals surface area contributed by atoms with Gasteiger partial charge in [0.15, 0.2) is 0 Å². The van der Waals surface area contributed by atoms with Gasteiger partial charge in [0.2, 0.25) is 0 Å². The molecule has 2 nitrogen and oxygen atoms in total. The Labute approximate surface area is 97.5 Å². The fourth-order valence-electron chi connectivity index (χ4n) is 2.55. The molecule has 0 atom stereocenters. The van der Waals surface area contributed by atoms with Crippen molar-refractivity contribution in [2.45, 2.75) is 45.2 Å². The van der Waals surface area contributed by atoms with Crippen molar-refractivity contribution in [2.75, 3.05) is 0 Å². The maximum absolute atomic E-state index is 4.54. The number of rotatable bonds is 5. The average molecular weight is 216 g/mol. The number of nitrogens with one attached hydrogen (secondary N) is 1. The van der Waals surface area contributed by atoms with E-state index in [2.05, 4.69) is 35.4 Å². The molecule has 1 aromatic rings. The molecule has 2 aliphatic rings. The Morgan fingerprint density at radius 3 is 2.50 bits per heavy atom. The molecule has 16 heavy (non-hydrogen) atoms. The first-order chi connectivity index (χ1) is 7.83. The average Bonchev–Trinajstić information content (AvgIpc) is 3.13. The second-order valence-corrected chi connectivity index (χ2v) is 5.35. The van der Waals surface area contributed by atoms with E-state index in [-0.39, 0.29) is 0 Å². The Balaban J connectivity index is 1.58. The van der Waals surface area contributed by atoms with Crippen molar-refractivity contribution in [3.63, 3.8) is 0 Å². The normalized spacial score (nSPS) is 20.4. The molecule has 1 N–H and O–H groups in total. The van der Waals surface area contributed by atoms with E-state index in [4.69, 9.17) is 0 Å². The number of pyridine rings is 1. The molecule has 2 fully saturated rings. The van der Waals surface area contributed by atoms with Gasteiger partial charge < -0.3 is 5.32 Å². The highest BCUT2D eigenvalue weighted by Gasteiger charge is 2.40. The van der Waals surface area contributed by atoms with E-state index in [1.165, 1.54) is 31.4 Å². The van der Waals surface area contributed by atoms with Crippen molar-refractivity contribution in [3.8, 4) is 0 Å². The maximum atomic E-state index is 4.54. The maximum Gasteiger partial charge on any atom is 0.0544 e. The summed E-state index contributed by atoms with van der Waals surface area (Å²) < 4.78 is 0. The topological polar surface area (TPSA) is 24.9 Å². The van der Waals surface area contributed by atoms with Crippen LogP contribution in [0.1, 0.15) is 37.1 Å². The summed E-state index contributed by atoms with van der Waals surface area (Å²) in [6.07, 6.45) is 5.76. The van der Waals surface area contributed by atoms with Crippen molar-refractivity contribution >= 4 is 0 Å². The number of hydrogen-bond donors (Lipinski definition) is 1. The molecule has 2 heteroatoms. The van der Waals surface area contributed by atoms with E-state index in [1.807, 2.05) is 0 Å². The minimum atomic E-state index is 0.780. The monoisotopic (exact) mass is 216 g/mol. The zero-order valence-electron chi connectivity index (χ0n) is 9.95. The fraction of sp³-hybridized carbons (Fsp3) is 0.643. The van der Waals surface area contributed by atoms with Gasteiger partial charge in [-0.1, -0.05) is 6.07 Å². The van der Waals surface area contributed by atoms with E-state index in [9.17, 15) is 0 Å². The molecule has 0 aromatic carbocycles. The lowest BCUT2D eigenvalue weighted by Gasteiger charge is -2.17. The zero-order valence-corrected chi connectivity index (χ0v) is 9.95. The predicted molar refractivity (Wildman–Crippen MR) is 65.0 cm³/mol. The highest BCUT2D eigenvalue weighted by atomic mass is 15.0. The second kappa shape index (κ2) is 4.17. The van der Waals surface area contributed by atoms with Gasteiger partial charge in [-0.25, -0.2) is 0 Å². The summed E-state index contributed by atoms with van der Waals surface area (Å²) in [5, 5.41) is 3.72. The van der Waals surface area contributed by atoms with E-state index >= 15 is 0 Å². The van der Waals surface area contributed by atoms with Crippen molar-refractivity contribution in [2.24, 2.45) is 11.8 Å². The Morgan fingerprint density at radius 2 is 1.94 bits per heavy atom. The number of aryl methyl sites for hydroxylation is 1.